The van der Waals surface area contributed by atoms with Gasteiger partial charge in [-0.15, -0.1) is 40.1 Å². The minimum absolute atomic E-state index is 0.795. The zero-order chi connectivity index (χ0) is 27.6. The van der Waals surface area contributed by atoms with Gasteiger partial charge < -0.3 is 0 Å². The number of rotatable bonds is 6. The third-order valence-electron chi connectivity index (χ3n) is 7.24. The first-order chi connectivity index (χ1) is 19.1. The van der Waals surface area contributed by atoms with E-state index in [0.29, 0.717) is 0 Å². The number of benzene rings is 4. The molecule has 39 heavy (non-hydrogen) atoms. The van der Waals surface area contributed by atoms with Gasteiger partial charge >= 0.3 is 37.9 Å². The van der Waals surface area contributed by atoms with Crippen LogP contribution >= 0.6 is 17.0 Å². The monoisotopic (exact) mass is 642 g/mol. The third kappa shape index (κ3) is 7.28. The smallest absolute Gasteiger partial charge is 0.0920 e. The van der Waals surface area contributed by atoms with Gasteiger partial charge in [0.05, 0.1) is 9.52 Å². The van der Waals surface area contributed by atoms with Gasteiger partial charge in [0.15, 0.2) is 0 Å². The summed E-state index contributed by atoms with van der Waals surface area (Å²) >= 11 is -0.826. The van der Waals surface area contributed by atoms with Gasteiger partial charge in [0.25, 0.3) is 0 Å². The van der Waals surface area contributed by atoms with Crippen LogP contribution in [0.15, 0.2) is 91.0 Å². The first-order valence-corrected chi connectivity index (χ1v) is 21.1. The summed E-state index contributed by atoms with van der Waals surface area (Å²) in [5.41, 5.74) is 10.1. The maximum absolute atomic E-state index is 4.93. The average Bonchev–Trinajstić information content (AvgIpc) is 3.57. The zero-order valence-electron chi connectivity index (χ0n) is 23.0. The molecule has 6 rings (SSSR count). The van der Waals surface area contributed by atoms with Crippen LogP contribution in [-0.4, -0.2) is 9.52 Å². The van der Waals surface area contributed by atoms with E-state index in [1.54, 1.807) is 0 Å². The van der Waals surface area contributed by atoms with Gasteiger partial charge in [-0.3, -0.25) is 0 Å². The summed E-state index contributed by atoms with van der Waals surface area (Å²) in [7, 11) is 10.7. The van der Waals surface area contributed by atoms with Crippen molar-refractivity contribution < 1.29 is 20.8 Å². The Morgan fingerprint density at radius 3 is 2.23 bits per heavy atom. The first-order valence-electron chi connectivity index (χ1n) is 13.8. The molecule has 0 unspecified atom stereocenters. The van der Waals surface area contributed by atoms with E-state index in [0.717, 1.165) is 22.4 Å². The summed E-state index contributed by atoms with van der Waals surface area (Å²) in [4.78, 5) is 0. The summed E-state index contributed by atoms with van der Waals surface area (Å²) in [5.74, 6) is 0. The van der Waals surface area contributed by atoms with Crippen molar-refractivity contribution in [2.24, 2.45) is 0 Å². The topological polar surface area (TPSA) is 0 Å². The number of hydrogen-bond acceptors (Lipinski definition) is 0. The second kappa shape index (κ2) is 15.2. The van der Waals surface area contributed by atoms with E-state index in [2.05, 4.69) is 112 Å². The van der Waals surface area contributed by atoms with E-state index in [1.807, 2.05) is 6.07 Å². The SMILES string of the molecule is CCCCc1cc2c(-c3ccccc3CC)c(CC)ccc2[cH-]1.[Cl][Zr+2][Cl].[c-]1cccc2c1[Si]c1ccccc1-2. The summed E-state index contributed by atoms with van der Waals surface area (Å²) in [6.45, 7) is 6.78. The Morgan fingerprint density at radius 2 is 1.49 bits per heavy atom. The number of aryl methyl sites for hydroxylation is 3. The van der Waals surface area contributed by atoms with Gasteiger partial charge in [-0.25, -0.2) is 0 Å². The summed E-state index contributed by atoms with van der Waals surface area (Å²) in [5, 5.41) is 5.66. The Bertz CT molecular complexity index is 1460. The number of unbranched alkanes of at least 4 members (excludes halogenated alkanes) is 1. The molecule has 0 N–H and O–H groups in total. The van der Waals surface area contributed by atoms with Gasteiger partial charge in [-0.05, 0) is 30.4 Å². The van der Waals surface area contributed by atoms with Gasteiger partial charge in [0.1, 0.15) is 0 Å². The number of halogens is 2. The Labute approximate surface area is 255 Å². The molecule has 0 aliphatic carbocycles. The van der Waals surface area contributed by atoms with Crippen LogP contribution in [0.1, 0.15) is 50.3 Å². The molecule has 0 spiro atoms. The molecule has 0 fully saturated rings. The maximum Gasteiger partial charge on any atom is 0.0920 e. The molecule has 0 nitrogen and oxygen atoms in total. The van der Waals surface area contributed by atoms with Crippen molar-refractivity contribution in [3.63, 3.8) is 0 Å². The second-order valence-corrected chi connectivity index (χ2v) is 14.7. The molecular formula is C35H34Cl2SiZr. The fourth-order valence-corrected chi connectivity index (χ4v) is 6.64. The Balaban J connectivity index is 0.000000184. The molecule has 196 valence electrons. The van der Waals surface area contributed by atoms with Crippen molar-refractivity contribution >= 4 is 47.7 Å². The summed E-state index contributed by atoms with van der Waals surface area (Å²) in [6.07, 6.45) is 5.89. The van der Waals surface area contributed by atoms with Gasteiger partial charge in [-0.2, -0.15) is 35.5 Å². The van der Waals surface area contributed by atoms with Crippen LogP contribution in [0.2, 0.25) is 0 Å². The van der Waals surface area contributed by atoms with Crippen LogP contribution in [0, 0.1) is 6.07 Å². The molecule has 1 aliphatic heterocycles. The van der Waals surface area contributed by atoms with Crippen LogP contribution in [-0.2, 0) is 40.1 Å². The Morgan fingerprint density at radius 1 is 0.795 bits per heavy atom. The fraction of sp³-hybridized carbons (Fsp3) is 0.229. The zero-order valence-corrected chi connectivity index (χ0v) is 27.9. The number of fused-ring (bicyclic) bond motifs is 4. The average molecular weight is 645 g/mol. The first kappa shape index (κ1) is 30.1. The quantitative estimate of drug-likeness (QED) is 0.125. The third-order valence-corrected chi connectivity index (χ3v) is 8.61. The maximum atomic E-state index is 4.93. The van der Waals surface area contributed by atoms with Crippen LogP contribution < -0.4 is 10.4 Å². The van der Waals surface area contributed by atoms with E-state index in [1.165, 1.54) is 79.4 Å². The van der Waals surface area contributed by atoms with Crippen LogP contribution in [0.3, 0.4) is 0 Å². The van der Waals surface area contributed by atoms with Crippen LogP contribution in [0.4, 0.5) is 0 Å². The molecule has 5 aromatic carbocycles. The number of hydrogen-bond donors (Lipinski definition) is 0. The predicted molar refractivity (Wildman–Crippen MR) is 170 cm³/mol. The molecule has 4 heteroatoms. The van der Waals surface area contributed by atoms with Crippen molar-refractivity contribution in [1.82, 2.24) is 0 Å². The second-order valence-electron chi connectivity index (χ2n) is 9.63. The minimum Gasteiger partial charge on any atom is -0.184 e. The molecule has 1 heterocycles. The molecule has 0 atom stereocenters. The summed E-state index contributed by atoms with van der Waals surface area (Å²) < 4.78 is 0. The van der Waals surface area contributed by atoms with Crippen molar-refractivity contribution in [2.45, 2.75) is 52.9 Å². The molecule has 0 saturated carbocycles. The normalized spacial score (nSPS) is 11.0. The van der Waals surface area contributed by atoms with Crippen LogP contribution in [0.5, 0.6) is 0 Å². The van der Waals surface area contributed by atoms with Gasteiger partial charge in [0, 0.05) is 0 Å². The fourth-order valence-electron chi connectivity index (χ4n) is 5.33. The molecule has 0 saturated heterocycles. The van der Waals surface area contributed by atoms with Crippen LogP contribution in [0.25, 0.3) is 33.0 Å². The van der Waals surface area contributed by atoms with E-state index in [9.17, 15) is 0 Å². The van der Waals surface area contributed by atoms with Gasteiger partial charge in [0.2, 0.25) is 0 Å². The predicted octanol–water partition coefficient (Wildman–Crippen LogP) is 9.19. The van der Waals surface area contributed by atoms with E-state index >= 15 is 0 Å². The van der Waals surface area contributed by atoms with Crippen molar-refractivity contribution in [3.8, 4) is 22.3 Å². The van der Waals surface area contributed by atoms with E-state index in [4.69, 9.17) is 17.0 Å². The van der Waals surface area contributed by atoms with E-state index < -0.39 is 20.8 Å². The molecule has 5 aromatic rings. The molecule has 0 amide bonds. The molecular weight excluding hydrogens is 611 g/mol. The standard InChI is InChI=1S/C23H27.C12H7Si.2ClH.Zr/c1-4-7-10-17-15-20-14-13-19(6-3)23(22(20)16-17)21-12-9-8-11-18(21)5-2;1-3-7-11-9(5-1)10-6-2-4-8-12(10)13-11;;;/h8-9,11-16H,4-7,10H2,1-3H3;1-7H;2*1H;/q2*-1;;;+4/p-2. The Hall–Kier alpha value is -1.83. The molecule has 0 bridgehead atoms. The summed E-state index contributed by atoms with van der Waals surface area (Å²) in [6, 6.07) is 36.5. The molecule has 2 radical (unpaired) electrons. The minimum atomic E-state index is -0.826. The van der Waals surface area contributed by atoms with Crippen molar-refractivity contribution in [2.75, 3.05) is 0 Å². The van der Waals surface area contributed by atoms with E-state index in [-0.39, 0.29) is 0 Å². The van der Waals surface area contributed by atoms with Crippen molar-refractivity contribution in [3.05, 3.63) is 114 Å². The largest absolute Gasteiger partial charge is 0.184 e. The Kier molecular flexibility index (Phi) is 11.8. The van der Waals surface area contributed by atoms with Crippen molar-refractivity contribution in [1.29, 1.82) is 0 Å². The molecule has 0 aromatic heterocycles. The molecule has 1 aliphatic rings. The van der Waals surface area contributed by atoms with Gasteiger partial charge in [-0.1, -0.05) is 104 Å².